The van der Waals surface area contributed by atoms with Crippen LogP contribution in [0.15, 0.2) is 43.0 Å². The van der Waals surface area contributed by atoms with E-state index in [4.69, 9.17) is 4.74 Å². The second-order valence-corrected chi connectivity index (χ2v) is 5.60. The van der Waals surface area contributed by atoms with Gasteiger partial charge in [0, 0.05) is 18.5 Å². The van der Waals surface area contributed by atoms with Gasteiger partial charge >= 0.3 is 0 Å². The molecule has 6 heteroatoms. The van der Waals surface area contributed by atoms with Crippen molar-refractivity contribution in [3.05, 3.63) is 48.0 Å². The highest BCUT2D eigenvalue weighted by Gasteiger charge is 2.06. The summed E-state index contributed by atoms with van der Waals surface area (Å²) in [6.45, 7) is 2.00. The molecule has 20 heavy (non-hydrogen) atoms. The number of benzene rings is 1. The Balaban J connectivity index is 1.78. The van der Waals surface area contributed by atoms with Crippen molar-refractivity contribution in [1.29, 1.82) is 0 Å². The minimum absolute atomic E-state index is 0.631. The van der Waals surface area contributed by atoms with E-state index in [1.807, 2.05) is 35.7 Å². The molecule has 4 aromatic rings. The summed E-state index contributed by atoms with van der Waals surface area (Å²) in [5, 5.41) is 1.05. The molecule has 5 nitrogen and oxygen atoms in total. The Morgan fingerprint density at radius 2 is 2.20 bits per heavy atom. The molecule has 0 radical (unpaired) electrons. The van der Waals surface area contributed by atoms with Crippen LogP contribution in [0.4, 0.5) is 0 Å². The molecule has 0 unspecified atom stereocenters. The van der Waals surface area contributed by atoms with Gasteiger partial charge in [-0.25, -0.2) is 9.97 Å². The fourth-order valence-corrected chi connectivity index (χ4v) is 2.92. The first kappa shape index (κ1) is 11.4. The van der Waals surface area contributed by atoms with E-state index < -0.39 is 0 Å². The Hall–Kier alpha value is -2.47. The zero-order valence-corrected chi connectivity index (χ0v) is 11.5. The van der Waals surface area contributed by atoms with Gasteiger partial charge in [-0.15, -0.1) is 11.3 Å². The number of aryl methyl sites for hydroxylation is 1. The normalized spacial score (nSPS) is 11.2. The second kappa shape index (κ2) is 4.28. The lowest BCUT2D eigenvalue weighted by molar-refractivity contribution is 0.454. The predicted molar refractivity (Wildman–Crippen MR) is 77.4 cm³/mol. The monoisotopic (exact) mass is 282 g/mol. The highest BCUT2D eigenvalue weighted by atomic mass is 32.1. The lowest BCUT2D eigenvalue weighted by atomic mass is 10.3. The zero-order chi connectivity index (χ0) is 13.5. The molecule has 0 amide bonds. The van der Waals surface area contributed by atoms with Crippen LogP contribution in [0.5, 0.6) is 11.6 Å². The number of nitrogens with zero attached hydrogens (tertiary/aromatic N) is 4. The number of fused-ring (bicyclic) bond motifs is 2. The molecule has 0 atom stereocenters. The smallest absolute Gasteiger partial charge is 0.224 e. The van der Waals surface area contributed by atoms with Crippen molar-refractivity contribution in [3.8, 4) is 11.6 Å². The Morgan fingerprint density at radius 1 is 1.25 bits per heavy atom. The molecule has 0 saturated carbocycles. The number of imidazole rings is 1. The van der Waals surface area contributed by atoms with E-state index in [9.17, 15) is 0 Å². The van der Waals surface area contributed by atoms with Crippen molar-refractivity contribution in [2.45, 2.75) is 6.92 Å². The first-order chi connectivity index (χ1) is 9.79. The Morgan fingerprint density at radius 3 is 3.15 bits per heavy atom. The molecule has 0 saturated heterocycles. The van der Waals surface area contributed by atoms with Gasteiger partial charge in [-0.2, -0.15) is 0 Å². The molecule has 0 aliphatic carbocycles. The number of thiazole rings is 1. The van der Waals surface area contributed by atoms with Crippen molar-refractivity contribution in [1.82, 2.24) is 19.4 Å². The number of hydrogen-bond donors (Lipinski definition) is 0. The van der Waals surface area contributed by atoms with Crippen molar-refractivity contribution in [2.75, 3.05) is 0 Å². The van der Waals surface area contributed by atoms with Crippen LogP contribution >= 0.6 is 11.3 Å². The average molecular weight is 282 g/mol. The second-order valence-electron chi connectivity index (χ2n) is 4.37. The standard InChI is InChI=1S/C14H10N4OS/c1-9-17-11-6-10(2-3-12(11)20-9)19-14-8-15-7-13-16-4-5-18(13)14/h2-8H,1H3. The molecule has 0 aliphatic rings. The number of rotatable bonds is 2. The molecule has 0 fully saturated rings. The van der Waals surface area contributed by atoms with Crippen LogP contribution in [0.1, 0.15) is 5.01 Å². The fraction of sp³-hybridized carbons (Fsp3) is 0.0714. The molecule has 0 spiro atoms. The van der Waals surface area contributed by atoms with Crippen LogP contribution < -0.4 is 4.74 Å². The number of aromatic nitrogens is 4. The summed E-state index contributed by atoms with van der Waals surface area (Å²) >= 11 is 1.68. The van der Waals surface area contributed by atoms with Crippen molar-refractivity contribution >= 4 is 27.2 Å². The van der Waals surface area contributed by atoms with E-state index in [1.54, 1.807) is 29.9 Å². The molecule has 1 aromatic carbocycles. The van der Waals surface area contributed by atoms with Gasteiger partial charge in [0.25, 0.3) is 0 Å². The molecule has 4 rings (SSSR count). The van der Waals surface area contributed by atoms with E-state index in [-0.39, 0.29) is 0 Å². The lowest BCUT2D eigenvalue weighted by Gasteiger charge is -2.06. The molecular weight excluding hydrogens is 272 g/mol. The summed E-state index contributed by atoms with van der Waals surface area (Å²) in [7, 11) is 0. The van der Waals surface area contributed by atoms with Gasteiger partial charge in [0.1, 0.15) is 5.75 Å². The largest absolute Gasteiger partial charge is 0.439 e. The highest BCUT2D eigenvalue weighted by Crippen LogP contribution is 2.28. The van der Waals surface area contributed by atoms with Crippen molar-refractivity contribution in [2.24, 2.45) is 0 Å². The minimum atomic E-state index is 0.631. The fourth-order valence-electron chi connectivity index (χ4n) is 2.11. The summed E-state index contributed by atoms with van der Waals surface area (Å²) in [4.78, 5) is 12.8. The summed E-state index contributed by atoms with van der Waals surface area (Å²) in [6, 6.07) is 5.90. The van der Waals surface area contributed by atoms with E-state index in [1.165, 1.54) is 0 Å². The third kappa shape index (κ3) is 1.81. The number of ether oxygens (including phenoxy) is 1. The van der Waals surface area contributed by atoms with Gasteiger partial charge in [-0.1, -0.05) is 0 Å². The summed E-state index contributed by atoms with van der Waals surface area (Å²) in [5.41, 5.74) is 1.71. The Labute approximate surface area is 118 Å². The van der Waals surface area contributed by atoms with Crippen LogP contribution in [-0.2, 0) is 0 Å². The van der Waals surface area contributed by atoms with Gasteiger partial charge in [0.05, 0.1) is 27.6 Å². The van der Waals surface area contributed by atoms with E-state index in [0.717, 1.165) is 26.6 Å². The van der Waals surface area contributed by atoms with Crippen molar-refractivity contribution in [3.63, 3.8) is 0 Å². The SMILES string of the molecule is Cc1nc2cc(Oc3cncc4nccn34)ccc2s1. The van der Waals surface area contributed by atoms with E-state index in [0.29, 0.717) is 5.88 Å². The Kier molecular flexibility index (Phi) is 2.43. The third-order valence-corrected chi connectivity index (χ3v) is 3.92. The maximum Gasteiger partial charge on any atom is 0.224 e. The first-order valence-corrected chi connectivity index (χ1v) is 6.93. The number of hydrogen-bond acceptors (Lipinski definition) is 5. The summed E-state index contributed by atoms with van der Waals surface area (Å²) in [6.07, 6.45) is 6.93. The lowest BCUT2D eigenvalue weighted by Crippen LogP contribution is -1.94. The van der Waals surface area contributed by atoms with E-state index >= 15 is 0 Å². The third-order valence-electron chi connectivity index (χ3n) is 2.97. The maximum absolute atomic E-state index is 5.89. The van der Waals surface area contributed by atoms with Gasteiger partial charge in [-0.05, 0) is 19.1 Å². The molecule has 98 valence electrons. The quantitative estimate of drug-likeness (QED) is 0.565. The van der Waals surface area contributed by atoms with E-state index in [2.05, 4.69) is 15.0 Å². The highest BCUT2D eigenvalue weighted by molar-refractivity contribution is 7.18. The van der Waals surface area contributed by atoms with Crippen LogP contribution in [0.3, 0.4) is 0 Å². The van der Waals surface area contributed by atoms with Gasteiger partial charge in [0.2, 0.25) is 5.88 Å². The molecule has 3 heterocycles. The van der Waals surface area contributed by atoms with Gasteiger partial charge in [0.15, 0.2) is 5.65 Å². The Bertz CT molecular complexity index is 912. The van der Waals surface area contributed by atoms with Gasteiger partial charge in [-0.3, -0.25) is 9.38 Å². The topological polar surface area (TPSA) is 52.3 Å². The average Bonchev–Trinajstić information content (AvgIpc) is 3.03. The first-order valence-electron chi connectivity index (χ1n) is 6.12. The minimum Gasteiger partial charge on any atom is -0.439 e. The molecule has 0 bridgehead atoms. The zero-order valence-electron chi connectivity index (χ0n) is 10.6. The molecule has 0 N–H and O–H groups in total. The maximum atomic E-state index is 5.89. The summed E-state index contributed by atoms with van der Waals surface area (Å²) in [5.74, 6) is 1.37. The molecule has 3 aromatic heterocycles. The van der Waals surface area contributed by atoms with Crippen molar-refractivity contribution < 1.29 is 4.74 Å². The van der Waals surface area contributed by atoms with Crippen LogP contribution in [0.2, 0.25) is 0 Å². The van der Waals surface area contributed by atoms with Crippen LogP contribution in [-0.4, -0.2) is 19.4 Å². The predicted octanol–water partition coefficient (Wildman–Crippen LogP) is 3.44. The van der Waals surface area contributed by atoms with Crippen LogP contribution in [0.25, 0.3) is 15.9 Å². The molecule has 0 aliphatic heterocycles. The molecular formula is C14H10N4OS. The summed E-state index contributed by atoms with van der Waals surface area (Å²) < 4.78 is 8.90. The van der Waals surface area contributed by atoms with Crippen LogP contribution in [0, 0.1) is 6.92 Å². The van der Waals surface area contributed by atoms with Gasteiger partial charge < -0.3 is 4.74 Å².